The number of anilines is 3. The molecule has 0 saturated carbocycles. The van der Waals surface area contributed by atoms with Crippen molar-refractivity contribution in [2.24, 2.45) is 0 Å². The van der Waals surface area contributed by atoms with E-state index in [1.165, 1.54) is 0 Å². The molecule has 11 heteroatoms. The van der Waals surface area contributed by atoms with Crippen molar-refractivity contribution in [2.75, 3.05) is 29.9 Å². The van der Waals surface area contributed by atoms with E-state index in [0.717, 1.165) is 25.2 Å². The highest BCUT2D eigenvalue weighted by atomic mass is 16.5. The van der Waals surface area contributed by atoms with Gasteiger partial charge in [-0.05, 0) is 55.7 Å². The second-order valence-corrected chi connectivity index (χ2v) is 9.14. The standard InChI is InChI=1S/C29H30N6O5/c1-2-38-23-10-5-13-31-29(23)40-22-9-6-14-35(19-22)26-18-30-17-25(33-26)32-24-11-4-12-27(34-24)39-21-8-3-7-20(15-21)16-28(36)37/h3-5,7-8,10-13,15,17-18,22H,2,6,9,14,16,19H2,1H3,(H,36,37)(H,32,33,34). The van der Waals surface area contributed by atoms with Gasteiger partial charge in [0.25, 0.3) is 5.88 Å². The van der Waals surface area contributed by atoms with Crippen LogP contribution in [0.1, 0.15) is 25.3 Å². The van der Waals surface area contributed by atoms with E-state index in [1.54, 1.807) is 55.0 Å². The lowest BCUT2D eigenvalue weighted by Crippen LogP contribution is -2.41. The molecule has 1 unspecified atom stereocenters. The monoisotopic (exact) mass is 542 g/mol. The minimum absolute atomic E-state index is 0.0641. The van der Waals surface area contributed by atoms with Crippen LogP contribution >= 0.6 is 0 Å². The van der Waals surface area contributed by atoms with Crippen molar-refractivity contribution in [1.82, 2.24) is 19.9 Å². The number of hydrogen-bond acceptors (Lipinski definition) is 10. The molecule has 4 aromatic rings. The maximum Gasteiger partial charge on any atom is 0.307 e. The van der Waals surface area contributed by atoms with Gasteiger partial charge in [0, 0.05) is 18.8 Å². The third-order valence-electron chi connectivity index (χ3n) is 6.09. The van der Waals surface area contributed by atoms with Crippen LogP contribution in [0.3, 0.4) is 0 Å². The van der Waals surface area contributed by atoms with E-state index in [4.69, 9.17) is 24.3 Å². The Bertz CT molecular complexity index is 1450. The Kier molecular flexibility index (Phi) is 8.50. The predicted octanol–water partition coefficient (Wildman–Crippen LogP) is 4.88. The zero-order valence-corrected chi connectivity index (χ0v) is 22.1. The van der Waals surface area contributed by atoms with Crippen molar-refractivity contribution in [3.8, 4) is 23.3 Å². The third kappa shape index (κ3) is 7.13. The molecular weight excluding hydrogens is 512 g/mol. The molecule has 0 spiro atoms. The van der Waals surface area contributed by atoms with Crippen molar-refractivity contribution in [3.05, 3.63) is 78.8 Å². The molecule has 40 heavy (non-hydrogen) atoms. The maximum atomic E-state index is 11.0. The van der Waals surface area contributed by atoms with Crippen LogP contribution in [-0.4, -0.2) is 56.8 Å². The van der Waals surface area contributed by atoms with Gasteiger partial charge in [-0.1, -0.05) is 18.2 Å². The molecule has 0 amide bonds. The smallest absolute Gasteiger partial charge is 0.307 e. The van der Waals surface area contributed by atoms with Gasteiger partial charge in [-0.2, -0.15) is 4.98 Å². The molecule has 4 heterocycles. The van der Waals surface area contributed by atoms with E-state index in [-0.39, 0.29) is 12.5 Å². The summed E-state index contributed by atoms with van der Waals surface area (Å²) >= 11 is 0. The van der Waals surface area contributed by atoms with Gasteiger partial charge in [-0.15, -0.1) is 0 Å². The molecule has 1 aromatic carbocycles. The fourth-order valence-electron chi connectivity index (χ4n) is 4.39. The average Bonchev–Trinajstić information content (AvgIpc) is 2.95. The largest absolute Gasteiger partial charge is 0.488 e. The molecule has 1 saturated heterocycles. The SMILES string of the molecule is CCOc1cccnc1OC1CCCN(c2cncc(Nc3cccc(Oc4cccc(CC(=O)O)c4)n3)n2)C1. The lowest BCUT2D eigenvalue weighted by molar-refractivity contribution is -0.136. The van der Waals surface area contributed by atoms with Crippen LogP contribution in [0.5, 0.6) is 23.3 Å². The number of hydrogen-bond donors (Lipinski definition) is 2. The van der Waals surface area contributed by atoms with Crippen LogP contribution in [0.2, 0.25) is 0 Å². The molecule has 1 aliphatic rings. The van der Waals surface area contributed by atoms with Crippen molar-refractivity contribution < 1.29 is 24.1 Å². The van der Waals surface area contributed by atoms with Gasteiger partial charge < -0.3 is 29.5 Å². The van der Waals surface area contributed by atoms with Crippen molar-refractivity contribution in [1.29, 1.82) is 0 Å². The van der Waals surface area contributed by atoms with E-state index in [9.17, 15) is 4.79 Å². The average molecular weight is 543 g/mol. The zero-order valence-electron chi connectivity index (χ0n) is 22.1. The van der Waals surface area contributed by atoms with Gasteiger partial charge in [0.2, 0.25) is 5.88 Å². The number of carbonyl (C=O) groups is 1. The number of nitrogens with one attached hydrogen (secondary N) is 1. The lowest BCUT2D eigenvalue weighted by Gasteiger charge is -2.33. The molecule has 0 bridgehead atoms. The second kappa shape index (κ2) is 12.7. The first-order chi connectivity index (χ1) is 19.6. The summed E-state index contributed by atoms with van der Waals surface area (Å²) in [5.41, 5.74) is 0.645. The van der Waals surface area contributed by atoms with Crippen LogP contribution in [0, 0.1) is 0 Å². The zero-order chi connectivity index (χ0) is 27.7. The van der Waals surface area contributed by atoms with Gasteiger partial charge in [-0.3, -0.25) is 9.78 Å². The van der Waals surface area contributed by atoms with Crippen molar-refractivity contribution >= 4 is 23.4 Å². The molecule has 3 aromatic heterocycles. The van der Waals surface area contributed by atoms with Crippen LogP contribution in [0.25, 0.3) is 0 Å². The summed E-state index contributed by atoms with van der Waals surface area (Å²) in [6.07, 6.45) is 6.76. The highest BCUT2D eigenvalue weighted by Crippen LogP contribution is 2.28. The number of benzene rings is 1. The molecule has 5 rings (SSSR count). The maximum absolute atomic E-state index is 11.0. The van der Waals surface area contributed by atoms with Crippen LogP contribution in [0.4, 0.5) is 17.5 Å². The van der Waals surface area contributed by atoms with Crippen LogP contribution in [-0.2, 0) is 11.2 Å². The number of piperidine rings is 1. The number of carboxylic acids is 1. The Morgan fingerprint density at radius 3 is 2.88 bits per heavy atom. The molecule has 0 radical (unpaired) electrons. The third-order valence-corrected chi connectivity index (χ3v) is 6.09. The summed E-state index contributed by atoms with van der Waals surface area (Å²) in [4.78, 5) is 31.2. The highest BCUT2D eigenvalue weighted by Gasteiger charge is 2.24. The van der Waals surface area contributed by atoms with Gasteiger partial charge in [-0.25, -0.2) is 9.97 Å². The first-order valence-corrected chi connectivity index (χ1v) is 13.1. The van der Waals surface area contributed by atoms with E-state index < -0.39 is 5.97 Å². The Labute approximate surface area is 231 Å². The van der Waals surface area contributed by atoms with Crippen LogP contribution < -0.4 is 24.4 Å². The summed E-state index contributed by atoms with van der Waals surface area (Å²) < 4.78 is 17.7. The molecule has 2 N–H and O–H groups in total. The number of ether oxygens (including phenoxy) is 3. The summed E-state index contributed by atoms with van der Waals surface area (Å²) in [7, 11) is 0. The van der Waals surface area contributed by atoms with Crippen LogP contribution in [0.15, 0.2) is 73.2 Å². The van der Waals surface area contributed by atoms with Gasteiger partial charge >= 0.3 is 5.97 Å². The van der Waals surface area contributed by atoms with E-state index >= 15 is 0 Å². The number of rotatable bonds is 11. The normalized spacial score (nSPS) is 14.8. The van der Waals surface area contributed by atoms with Gasteiger partial charge in [0.1, 0.15) is 23.5 Å². The molecular formula is C29H30N6O5. The molecule has 1 aliphatic heterocycles. The minimum atomic E-state index is -0.902. The number of pyridine rings is 2. The van der Waals surface area contributed by atoms with Crippen molar-refractivity contribution in [3.63, 3.8) is 0 Å². The van der Waals surface area contributed by atoms with E-state index in [0.29, 0.717) is 53.6 Å². The second-order valence-electron chi connectivity index (χ2n) is 9.14. The summed E-state index contributed by atoms with van der Waals surface area (Å²) in [5.74, 6) is 2.90. The number of aliphatic carboxylic acids is 1. The first kappa shape index (κ1) is 26.7. The molecule has 0 aliphatic carbocycles. The minimum Gasteiger partial charge on any atom is -0.488 e. The Morgan fingerprint density at radius 2 is 2.00 bits per heavy atom. The Hall–Kier alpha value is -4.93. The predicted molar refractivity (Wildman–Crippen MR) is 149 cm³/mol. The van der Waals surface area contributed by atoms with E-state index in [2.05, 4.69) is 25.2 Å². The number of aromatic nitrogens is 4. The first-order valence-electron chi connectivity index (χ1n) is 13.1. The fraction of sp³-hybridized carbons (Fsp3) is 0.276. The van der Waals surface area contributed by atoms with Crippen molar-refractivity contribution in [2.45, 2.75) is 32.3 Å². The fourth-order valence-corrected chi connectivity index (χ4v) is 4.39. The number of nitrogens with zero attached hydrogens (tertiary/aromatic N) is 5. The highest BCUT2D eigenvalue weighted by molar-refractivity contribution is 5.70. The lowest BCUT2D eigenvalue weighted by atomic mass is 10.1. The topological polar surface area (TPSA) is 132 Å². The molecule has 206 valence electrons. The van der Waals surface area contributed by atoms with E-state index in [1.807, 2.05) is 25.1 Å². The molecule has 1 fully saturated rings. The number of carboxylic acid groups (broad SMARTS) is 1. The van der Waals surface area contributed by atoms with Gasteiger partial charge in [0.15, 0.2) is 11.6 Å². The Balaban J connectivity index is 1.24. The van der Waals surface area contributed by atoms with Gasteiger partial charge in [0.05, 0.1) is 32.0 Å². The summed E-state index contributed by atoms with van der Waals surface area (Å²) in [5, 5.41) is 12.2. The Morgan fingerprint density at radius 1 is 1.10 bits per heavy atom. The summed E-state index contributed by atoms with van der Waals surface area (Å²) in [6.45, 7) is 3.95. The quantitative estimate of drug-likeness (QED) is 0.269. The molecule has 1 atom stereocenters. The molecule has 11 nitrogen and oxygen atoms in total. The summed E-state index contributed by atoms with van der Waals surface area (Å²) in [6, 6.07) is 16.0.